The fraction of sp³-hybridized carbons (Fsp3) is 1.00. The molecule has 0 saturated heterocycles. The predicted molar refractivity (Wildman–Crippen MR) is 58.7 cm³/mol. The molecule has 0 radical (unpaired) electrons. The zero-order chi connectivity index (χ0) is 11.5. The number of rotatable bonds is 10. The van der Waals surface area contributed by atoms with Gasteiger partial charge in [-0.25, -0.2) is 0 Å². The number of ether oxygens (including phenoxy) is 3. The number of hydrogen-bond donors (Lipinski definition) is 1. The van der Waals surface area contributed by atoms with E-state index in [0.717, 1.165) is 0 Å². The Morgan fingerprint density at radius 1 is 1.00 bits per heavy atom. The van der Waals surface area contributed by atoms with Gasteiger partial charge in [0.15, 0.2) is 6.29 Å². The summed E-state index contributed by atoms with van der Waals surface area (Å²) in [6, 6.07) is 0. The molecule has 1 N–H and O–H groups in total. The normalized spacial score (nSPS) is 13.4. The van der Waals surface area contributed by atoms with Crippen molar-refractivity contribution in [3.05, 3.63) is 0 Å². The highest BCUT2D eigenvalue weighted by atomic mass is 16.6. The van der Waals surface area contributed by atoms with Crippen molar-refractivity contribution in [2.75, 3.05) is 33.0 Å². The first-order valence-corrected chi connectivity index (χ1v) is 5.62. The van der Waals surface area contributed by atoms with Gasteiger partial charge in [-0.15, -0.1) is 0 Å². The van der Waals surface area contributed by atoms with Crippen LogP contribution in [0.4, 0.5) is 0 Å². The number of aliphatic hydroxyl groups excluding tert-OH is 1. The van der Waals surface area contributed by atoms with Crippen LogP contribution in [0.3, 0.4) is 0 Å². The molecular weight excluding hydrogens is 196 g/mol. The molecule has 0 aliphatic rings. The fourth-order valence-corrected chi connectivity index (χ4v) is 1.08. The van der Waals surface area contributed by atoms with Gasteiger partial charge in [0.1, 0.15) is 0 Å². The van der Waals surface area contributed by atoms with E-state index in [2.05, 4.69) is 0 Å². The van der Waals surface area contributed by atoms with Gasteiger partial charge in [-0.1, -0.05) is 13.8 Å². The monoisotopic (exact) mass is 220 g/mol. The molecule has 0 amide bonds. The van der Waals surface area contributed by atoms with Crippen molar-refractivity contribution in [2.45, 2.75) is 33.5 Å². The molecule has 1 atom stereocenters. The van der Waals surface area contributed by atoms with Crippen LogP contribution in [0.15, 0.2) is 0 Å². The quantitative estimate of drug-likeness (QED) is 0.447. The van der Waals surface area contributed by atoms with Crippen LogP contribution in [0.5, 0.6) is 0 Å². The first kappa shape index (κ1) is 14.8. The minimum atomic E-state index is -0.666. The van der Waals surface area contributed by atoms with Crippen LogP contribution >= 0.6 is 0 Å². The summed E-state index contributed by atoms with van der Waals surface area (Å²) in [7, 11) is 0. The molecule has 4 heteroatoms. The molecule has 0 rings (SSSR count). The summed E-state index contributed by atoms with van der Waals surface area (Å²) >= 11 is 0. The zero-order valence-corrected chi connectivity index (χ0v) is 10.1. The Hall–Kier alpha value is -0.160. The van der Waals surface area contributed by atoms with Crippen LogP contribution in [0.1, 0.15) is 27.2 Å². The summed E-state index contributed by atoms with van der Waals surface area (Å²) in [5, 5.41) is 9.36. The molecule has 0 fully saturated rings. The van der Waals surface area contributed by atoms with E-state index < -0.39 is 6.29 Å². The molecule has 0 bridgehead atoms. The van der Waals surface area contributed by atoms with Crippen molar-refractivity contribution in [3.63, 3.8) is 0 Å². The Bertz CT molecular complexity index is 128. The van der Waals surface area contributed by atoms with Crippen molar-refractivity contribution in [1.29, 1.82) is 0 Å². The van der Waals surface area contributed by atoms with E-state index in [1.807, 2.05) is 20.8 Å². The summed E-state index contributed by atoms with van der Waals surface area (Å²) in [4.78, 5) is 0. The van der Waals surface area contributed by atoms with Crippen LogP contribution in [0.2, 0.25) is 0 Å². The van der Waals surface area contributed by atoms with Crippen LogP contribution in [-0.2, 0) is 14.2 Å². The first-order chi connectivity index (χ1) is 7.16. The second-order valence-electron chi connectivity index (χ2n) is 3.76. The summed E-state index contributed by atoms with van der Waals surface area (Å²) in [6.07, 6.45) is -0.000590. The summed E-state index contributed by atoms with van der Waals surface area (Å²) in [6.45, 7) is 8.89. The molecule has 1 unspecified atom stereocenters. The predicted octanol–water partition coefficient (Wildman–Crippen LogP) is 1.42. The maximum absolute atomic E-state index is 9.36. The minimum absolute atomic E-state index is 0.431. The summed E-state index contributed by atoms with van der Waals surface area (Å²) < 4.78 is 15.5. The largest absolute Gasteiger partial charge is 0.379 e. The highest BCUT2D eigenvalue weighted by molar-refractivity contribution is 4.47. The highest BCUT2D eigenvalue weighted by Crippen LogP contribution is 2.04. The molecule has 0 spiro atoms. The van der Waals surface area contributed by atoms with Crippen LogP contribution in [-0.4, -0.2) is 44.4 Å². The van der Waals surface area contributed by atoms with Crippen LogP contribution in [0.25, 0.3) is 0 Å². The third-order valence-electron chi connectivity index (χ3n) is 1.79. The number of aliphatic hydroxyl groups is 1. The van der Waals surface area contributed by atoms with E-state index >= 15 is 0 Å². The lowest BCUT2D eigenvalue weighted by atomic mass is 10.1. The molecule has 0 heterocycles. The van der Waals surface area contributed by atoms with Gasteiger partial charge in [-0.2, -0.15) is 0 Å². The van der Waals surface area contributed by atoms with Gasteiger partial charge in [0, 0.05) is 13.0 Å². The summed E-state index contributed by atoms with van der Waals surface area (Å²) in [5.74, 6) is 0.443. The van der Waals surface area contributed by atoms with Gasteiger partial charge in [0.25, 0.3) is 0 Å². The van der Waals surface area contributed by atoms with Crippen molar-refractivity contribution < 1.29 is 19.3 Å². The van der Waals surface area contributed by atoms with E-state index in [0.29, 0.717) is 45.4 Å². The average Bonchev–Trinajstić information content (AvgIpc) is 2.15. The second-order valence-corrected chi connectivity index (χ2v) is 3.76. The zero-order valence-electron chi connectivity index (χ0n) is 10.1. The Labute approximate surface area is 92.5 Å². The Morgan fingerprint density at radius 3 is 2.20 bits per heavy atom. The molecule has 4 nitrogen and oxygen atoms in total. The Morgan fingerprint density at radius 2 is 1.60 bits per heavy atom. The van der Waals surface area contributed by atoms with Crippen molar-refractivity contribution in [3.8, 4) is 0 Å². The van der Waals surface area contributed by atoms with E-state index in [-0.39, 0.29) is 0 Å². The Balaban J connectivity index is 3.09. The third kappa shape index (κ3) is 11.8. The number of hydrogen-bond acceptors (Lipinski definition) is 4. The van der Waals surface area contributed by atoms with E-state index in [9.17, 15) is 5.11 Å². The lowest BCUT2D eigenvalue weighted by Crippen LogP contribution is -2.18. The van der Waals surface area contributed by atoms with E-state index in [4.69, 9.17) is 14.2 Å². The standard InChI is InChI=1S/C11H24O4/c1-4-13-5-6-14-7-8-15-11(12)9-10(2)3/h10-12H,4-9H2,1-3H3. The molecule has 0 aromatic heterocycles. The van der Waals surface area contributed by atoms with Gasteiger partial charge in [-0.05, 0) is 12.8 Å². The fourth-order valence-electron chi connectivity index (χ4n) is 1.08. The lowest BCUT2D eigenvalue weighted by Gasteiger charge is -2.13. The molecule has 0 saturated carbocycles. The maximum Gasteiger partial charge on any atom is 0.154 e. The third-order valence-corrected chi connectivity index (χ3v) is 1.79. The second kappa shape index (κ2) is 10.4. The molecule has 15 heavy (non-hydrogen) atoms. The molecule has 0 aromatic rings. The maximum atomic E-state index is 9.36. The molecular formula is C11H24O4. The van der Waals surface area contributed by atoms with Gasteiger partial charge < -0.3 is 19.3 Å². The van der Waals surface area contributed by atoms with Crippen LogP contribution < -0.4 is 0 Å². The first-order valence-electron chi connectivity index (χ1n) is 5.62. The van der Waals surface area contributed by atoms with Crippen molar-refractivity contribution in [2.24, 2.45) is 5.92 Å². The highest BCUT2D eigenvalue weighted by Gasteiger charge is 2.05. The van der Waals surface area contributed by atoms with Gasteiger partial charge in [-0.3, -0.25) is 0 Å². The SMILES string of the molecule is CCOCCOCCOC(O)CC(C)C. The van der Waals surface area contributed by atoms with Crippen molar-refractivity contribution in [1.82, 2.24) is 0 Å². The van der Waals surface area contributed by atoms with Gasteiger partial charge >= 0.3 is 0 Å². The smallest absolute Gasteiger partial charge is 0.154 e. The van der Waals surface area contributed by atoms with Crippen LogP contribution in [0, 0.1) is 5.92 Å². The Kier molecular flexibility index (Phi) is 10.3. The van der Waals surface area contributed by atoms with Gasteiger partial charge in [0.05, 0.1) is 26.4 Å². The average molecular weight is 220 g/mol. The molecule has 0 aliphatic heterocycles. The molecule has 0 aliphatic carbocycles. The van der Waals surface area contributed by atoms with E-state index in [1.165, 1.54) is 0 Å². The van der Waals surface area contributed by atoms with Gasteiger partial charge in [0.2, 0.25) is 0 Å². The van der Waals surface area contributed by atoms with E-state index in [1.54, 1.807) is 0 Å². The minimum Gasteiger partial charge on any atom is -0.379 e. The molecule has 0 aromatic carbocycles. The lowest BCUT2D eigenvalue weighted by molar-refractivity contribution is -0.122. The summed E-state index contributed by atoms with van der Waals surface area (Å²) in [5.41, 5.74) is 0. The topological polar surface area (TPSA) is 47.9 Å². The van der Waals surface area contributed by atoms with Crippen molar-refractivity contribution >= 4 is 0 Å². The molecule has 92 valence electrons.